The lowest BCUT2D eigenvalue weighted by atomic mass is 9.85. The van der Waals surface area contributed by atoms with Crippen molar-refractivity contribution in [3.63, 3.8) is 0 Å². The molecule has 1 aromatic carbocycles. The molecule has 5 aliphatic rings. The second-order valence-corrected chi connectivity index (χ2v) is 16.8. The zero-order valence-corrected chi connectivity index (χ0v) is 31.3. The number of piperazine rings is 1. The Morgan fingerprint density at radius 3 is 2.16 bits per heavy atom. The van der Waals surface area contributed by atoms with Crippen LogP contribution in [0.2, 0.25) is 5.02 Å². The van der Waals surface area contributed by atoms with Crippen molar-refractivity contribution in [1.29, 1.82) is 0 Å². The molecule has 1 aliphatic carbocycles. The van der Waals surface area contributed by atoms with E-state index in [1.807, 2.05) is 42.7 Å². The number of benzene rings is 1. The molecule has 0 aromatic heterocycles. The average Bonchev–Trinajstić information content (AvgIpc) is 3.86. The Labute approximate surface area is 302 Å². The summed E-state index contributed by atoms with van der Waals surface area (Å²) in [6, 6.07) is 6.50. The summed E-state index contributed by atoms with van der Waals surface area (Å²) in [6.07, 6.45) is 4.93. The lowest BCUT2D eigenvalue weighted by molar-refractivity contribution is -0.148. The standard InChI is InChI=1S/C38H56ClN5O6/c1-25-8-14-28(15-9-25)44(36(47)33-7-6-20-49-33)29-21-32(35(46)41-18-16-40(5)17-19-41)43(22-29)34(45)31-24-42(37(48)50-38(2,3)4)23-30(31)26-10-12-27(39)13-11-26/h10-13,25,28-33H,6-9,14-24H2,1-5H3/t25?,28?,29-,30-,31+,32-,33-/m0/s1. The second-order valence-electron chi connectivity index (χ2n) is 16.3. The summed E-state index contributed by atoms with van der Waals surface area (Å²) < 4.78 is 11.7. The summed E-state index contributed by atoms with van der Waals surface area (Å²) in [5, 5.41) is 0.590. The molecule has 12 heteroatoms. The van der Waals surface area contributed by atoms with E-state index in [2.05, 4.69) is 18.9 Å². The van der Waals surface area contributed by atoms with Crippen molar-refractivity contribution >= 4 is 35.4 Å². The smallest absolute Gasteiger partial charge is 0.410 e. The van der Waals surface area contributed by atoms with Crippen LogP contribution in [0.1, 0.15) is 84.1 Å². The van der Waals surface area contributed by atoms with E-state index in [0.29, 0.717) is 50.0 Å². The van der Waals surface area contributed by atoms with Gasteiger partial charge in [0.1, 0.15) is 17.7 Å². The number of carbonyl (C=O) groups is 4. The van der Waals surface area contributed by atoms with Gasteiger partial charge < -0.3 is 34.0 Å². The maximum absolute atomic E-state index is 15.0. The fourth-order valence-electron chi connectivity index (χ4n) is 8.64. The molecule has 1 saturated carbocycles. The Kier molecular flexibility index (Phi) is 11.3. The third-order valence-corrected chi connectivity index (χ3v) is 11.7. The lowest BCUT2D eigenvalue weighted by Gasteiger charge is -2.41. The molecule has 6 rings (SSSR count). The first kappa shape index (κ1) is 36.9. The fourth-order valence-corrected chi connectivity index (χ4v) is 8.76. The lowest BCUT2D eigenvalue weighted by Crippen LogP contribution is -2.54. The molecule has 276 valence electrons. The molecular weight excluding hydrogens is 658 g/mol. The molecule has 4 saturated heterocycles. The molecule has 4 heterocycles. The van der Waals surface area contributed by atoms with Crippen LogP contribution in [0.15, 0.2) is 24.3 Å². The van der Waals surface area contributed by atoms with Crippen LogP contribution in [0.3, 0.4) is 0 Å². The molecule has 5 atom stereocenters. The van der Waals surface area contributed by atoms with E-state index in [-0.39, 0.29) is 48.8 Å². The van der Waals surface area contributed by atoms with E-state index in [1.54, 1.807) is 21.9 Å². The number of nitrogens with zero attached hydrogens (tertiary/aromatic N) is 5. The number of rotatable bonds is 6. The molecule has 0 spiro atoms. The third-order valence-electron chi connectivity index (χ3n) is 11.5. The Morgan fingerprint density at radius 1 is 0.860 bits per heavy atom. The number of ether oxygens (including phenoxy) is 2. The zero-order chi connectivity index (χ0) is 35.7. The van der Waals surface area contributed by atoms with Gasteiger partial charge in [0.2, 0.25) is 11.8 Å². The van der Waals surface area contributed by atoms with Crippen molar-refractivity contribution in [3.8, 4) is 0 Å². The maximum Gasteiger partial charge on any atom is 0.410 e. The van der Waals surface area contributed by atoms with Crippen LogP contribution in [0.5, 0.6) is 0 Å². The second kappa shape index (κ2) is 15.4. The predicted octanol–water partition coefficient (Wildman–Crippen LogP) is 4.62. The quantitative estimate of drug-likeness (QED) is 0.424. The molecule has 11 nitrogen and oxygen atoms in total. The predicted molar refractivity (Wildman–Crippen MR) is 191 cm³/mol. The van der Waals surface area contributed by atoms with Gasteiger partial charge in [-0.1, -0.05) is 30.7 Å². The van der Waals surface area contributed by atoms with Gasteiger partial charge in [0.15, 0.2) is 0 Å². The number of amides is 4. The van der Waals surface area contributed by atoms with E-state index < -0.39 is 29.8 Å². The van der Waals surface area contributed by atoms with Crippen molar-refractivity contribution in [2.24, 2.45) is 11.8 Å². The van der Waals surface area contributed by atoms with Gasteiger partial charge in [0.25, 0.3) is 5.91 Å². The molecule has 0 bridgehead atoms. The van der Waals surface area contributed by atoms with Crippen LogP contribution in [0, 0.1) is 11.8 Å². The van der Waals surface area contributed by atoms with Crippen LogP contribution in [0.4, 0.5) is 4.79 Å². The van der Waals surface area contributed by atoms with Gasteiger partial charge in [-0.05, 0) is 96.4 Å². The number of hydrogen-bond donors (Lipinski definition) is 0. The number of likely N-dealkylation sites (tertiary alicyclic amines) is 2. The highest BCUT2D eigenvalue weighted by Crippen LogP contribution is 2.39. The molecular formula is C38H56ClN5O6. The Bertz CT molecular complexity index is 1380. The van der Waals surface area contributed by atoms with Gasteiger partial charge in [-0.2, -0.15) is 0 Å². The molecule has 4 amide bonds. The first-order chi connectivity index (χ1) is 23.8. The van der Waals surface area contributed by atoms with E-state index in [9.17, 15) is 14.4 Å². The fraction of sp³-hybridized carbons (Fsp3) is 0.737. The van der Waals surface area contributed by atoms with E-state index in [4.69, 9.17) is 21.1 Å². The average molecular weight is 714 g/mol. The zero-order valence-electron chi connectivity index (χ0n) is 30.5. The monoisotopic (exact) mass is 713 g/mol. The van der Waals surface area contributed by atoms with Gasteiger partial charge in [-0.25, -0.2) is 4.79 Å². The molecule has 0 N–H and O–H groups in total. The minimum Gasteiger partial charge on any atom is -0.444 e. The highest BCUT2D eigenvalue weighted by molar-refractivity contribution is 6.30. The summed E-state index contributed by atoms with van der Waals surface area (Å²) in [5.74, 6) is -0.505. The largest absolute Gasteiger partial charge is 0.444 e. The van der Waals surface area contributed by atoms with Crippen molar-refractivity contribution < 1.29 is 28.7 Å². The van der Waals surface area contributed by atoms with Gasteiger partial charge in [-0.3, -0.25) is 14.4 Å². The summed E-state index contributed by atoms with van der Waals surface area (Å²) in [6.45, 7) is 11.8. The first-order valence-corrected chi connectivity index (χ1v) is 19.1. The van der Waals surface area contributed by atoms with Crippen LogP contribution in [-0.4, -0.2) is 138 Å². The normalized spacial score (nSPS) is 30.8. The van der Waals surface area contributed by atoms with Gasteiger partial charge in [-0.15, -0.1) is 0 Å². The minimum atomic E-state index is -0.695. The Morgan fingerprint density at radius 2 is 1.54 bits per heavy atom. The molecule has 4 aliphatic heterocycles. The van der Waals surface area contributed by atoms with Crippen LogP contribution < -0.4 is 0 Å². The number of carbonyl (C=O) groups excluding carboxylic acids is 4. The van der Waals surface area contributed by atoms with E-state index >= 15 is 4.79 Å². The van der Waals surface area contributed by atoms with Crippen LogP contribution in [-0.2, 0) is 23.9 Å². The SMILES string of the molecule is CC1CCC(N(C(=O)[C@@H]2CCCO2)[C@H]2C[C@@H](C(=O)N3CCN(C)CC3)N(C(=O)[C@@H]3CN(C(=O)OC(C)(C)C)C[C@H]3c3ccc(Cl)cc3)C2)CC1. The van der Waals surface area contributed by atoms with E-state index in [0.717, 1.165) is 50.8 Å². The van der Waals surface area contributed by atoms with E-state index in [1.165, 1.54) is 0 Å². The van der Waals surface area contributed by atoms with Gasteiger partial charge in [0.05, 0.1) is 12.0 Å². The Balaban J connectivity index is 1.32. The molecule has 0 unspecified atom stereocenters. The van der Waals surface area contributed by atoms with Crippen molar-refractivity contribution in [2.45, 2.75) is 108 Å². The van der Waals surface area contributed by atoms with Crippen LogP contribution >= 0.6 is 11.6 Å². The topological polar surface area (TPSA) is 103 Å². The molecule has 1 aromatic rings. The van der Waals surface area contributed by atoms with Crippen LogP contribution in [0.25, 0.3) is 0 Å². The maximum atomic E-state index is 15.0. The number of halogens is 1. The summed E-state index contributed by atoms with van der Waals surface area (Å²) in [5.41, 5.74) is 0.218. The third kappa shape index (κ3) is 8.26. The van der Waals surface area contributed by atoms with Crippen molar-refractivity contribution in [3.05, 3.63) is 34.9 Å². The van der Waals surface area contributed by atoms with Crippen molar-refractivity contribution in [1.82, 2.24) is 24.5 Å². The van der Waals surface area contributed by atoms with Crippen molar-refractivity contribution in [2.75, 3.05) is 59.5 Å². The number of likely N-dealkylation sites (N-methyl/N-ethyl adjacent to an activating group) is 1. The Hall–Kier alpha value is -2.89. The summed E-state index contributed by atoms with van der Waals surface area (Å²) in [7, 11) is 2.05. The first-order valence-electron chi connectivity index (χ1n) is 18.7. The van der Waals surface area contributed by atoms with Gasteiger partial charge >= 0.3 is 6.09 Å². The highest BCUT2D eigenvalue weighted by Gasteiger charge is 2.51. The van der Waals surface area contributed by atoms with Gasteiger partial charge in [0, 0.05) is 69.4 Å². The number of hydrogen-bond acceptors (Lipinski definition) is 7. The molecule has 0 radical (unpaired) electrons. The summed E-state index contributed by atoms with van der Waals surface area (Å²) in [4.78, 5) is 66.6. The summed E-state index contributed by atoms with van der Waals surface area (Å²) >= 11 is 6.25. The molecule has 50 heavy (non-hydrogen) atoms. The molecule has 5 fully saturated rings. The minimum absolute atomic E-state index is 0.00292. The highest BCUT2D eigenvalue weighted by atomic mass is 35.5.